The van der Waals surface area contributed by atoms with E-state index in [4.69, 9.17) is 5.11 Å². The van der Waals surface area contributed by atoms with Crippen LogP contribution in [0.15, 0.2) is 24.3 Å². The third kappa shape index (κ3) is 3.46. The Morgan fingerprint density at radius 3 is 2.57 bits per heavy atom. The van der Waals surface area contributed by atoms with Crippen LogP contribution in [0.2, 0.25) is 0 Å². The standard InChI is InChI=1S/C24H31N3O3/c1-26(24(29)30)14-15-6-8-17(9-7-15)23(28)27-13-12-19-18-4-2-3-5-20(18)25-21(19)22(27)16-10-11-16/h2-5,15-17,22,25H,6-14H2,1H3,(H,29,30). The van der Waals surface area contributed by atoms with Crippen LogP contribution in [-0.2, 0) is 11.2 Å². The summed E-state index contributed by atoms with van der Waals surface area (Å²) in [6.45, 7) is 1.39. The number of carbonyl (C=O) groups excluding carboxylic acids is 1. The topological polar surface area (TPSA) is 76.6 Å². The van der Waals surface area contributed by atoms with Gasteiger partial charge in [0, 0.05) is 42.7 Å². The van der Waals surface area contributed by atoms with Crippen LogP contribution in [0.5, 0.6) is 0 Å². The Balaban J connectivity index is 1.31. The van der Waals surface area contributed by atoms with Crippen LogP contribution in [-0.4, -0.2) is 52.0 Å². The Kier molecular flexibility index (Phi) is 4.95. The summed E-state index contributed by atoms with van der Waals surface area (Å²) >= 11 is 0. The summed E-state index contributed by atoms with van der Waals surface area (Å²) in [5.74, 6) is 1.36. The zero-order chi connectivity index (χ0) is 20.8. The maximum absolute atomic E-state index is 13.6. The van der Waals surface area contributed by atoms with Crippen LogP contribution in [0.4, 0.5) is 4.79 Å². The Morgan fingerprint density at radius 1 is 1.13 bits per heavy atom. The normalized spacial score (nSPS) is 26.4. The van der Waals surface area contributed by atoms with Gasteiger partial charge in [-0.2, -0.15) is 0 Å². The number of aromatic nitrogens is 1. The number of carboxylic acid groups (broad SMARTS) is 1. The smallest absolute Gasteiger partial charge is 0.407 e. The van der Waals surface area contributed by atoms with Crippen LogP contribution in [0.25, 0.3) is 10.9 Å². The molecule has 2 aliphatic carbocycles. The summed E-state index contributed by atoms with van der Waals surface area (Å²) < 4.78 is 0. The van der Waals surface area contributed by atoms with Gasteiger partial charge in [-0.25, -0.2) is 4.79 Å². The molecule has 0 spiro atoms. The molecule has 6 nitrogen and oxygen atoms in total. The molecular formula is C24H31N3O3. The molecule has 2 N–H and O–H groups in total. The zero-order valence-electron chi connectivity index (χ0n) is 17.6. The number of fused-ring (bicyclic) bond motifs is 3. The first-order valence-electron chi connectivity index (χ1n) is 11.4. The molecule has 1 unspecified atom stereocenters. The second-order valence-corrected chi connectivity index (χ2v) is 9.51. The lowest BCUT2D eigenvalue weighted by molar-refractivity contribution is -0.140. The number of hydrogen-bond donors (Lipinski definition) is 2. The average Bonchev–Trinajstić information content (AvgIpc) is 3.52. The van der Waals surface area contributed by atoms with E-state index in [1.807, 2.05) is 0 Å². The second kappa shape index (κ2) is 7.64. The number of carbonyl (C=O) groups is 2. The van der Waals surface area contributed by atoms with Crippen molar-refractivity contribution in [2.75, 3.05) is 20.1 Å². The maximum Gasteiger partial charge on any atom is 0.407 e. The molecule has 160 valence electrons. The van der Waals surface area contributed by atoms with Gasteiger partial charge in [-0.05, 0) is 68.4 Å². The fourth-order valence-electron chi connectivity index (χ4n) is 5.71. The first kappa shape index (κ1) is 19.5. The minimum absolute atomic E-state index is 0.0866. The highest BCUT2D eigenvalue weighted by Crippen LogP contribution is 2.49. The number of benzene rings is 1. The molecule has 6 heteroatoms. The van der Waals surface area contributed by atoms with Gasteiger partial charge < -0.3 is 19.9 Å². The minimum Gasteiger partial charge on any atom is -0.465 e. The predicted octanol–water partition coefficient (Wildman–Crippen LogP) is 4.42. The highest BCUT2D eigenvalue weighted by Gasteiger charge is 2.44. The lowest BCUT2D eigenvalue weighted by Gasteiger charge is -2.40. The molecule has 1 atom stereocenters. The fraction of sp³-hybridized carbons (Fsp3) is 0.583. The molecule has 2 amide bonds. The van der Waals surface area contributed by atoms with Gasteiger partial charge in [0.25, 0.3) is 0 Å². The Hall–Kier alpha value is -2.50. The molecular weight excluding hydrogens is 378 g/mol. The maximum atomic E-state index is 13.6. The van der Waals surface area contributed by atoms with Crippen molar-refractivity contribution in [1.29, 1.82) is 0 Å². The molecule has 2 heterocycles. The van der Waals surface area contributed by atoms with Gasteiger partial charge in [-0.15, -0.1) is 0 Å². The Morgan fingerprint density at radius 2 is 1.87 bits per heavy atom. The molecule has 2 aromatic rings. The third-order valence-corrected chi connectivity index (χ3v) is 7.49. The van der Waals surface area contributed by atoms with E-state index in [-0.39, 0.29) is 12.0 Å². The predicted molar refractivity (Wildman–Crippen MR) is 115 cm³/mol. The number of rotatable bonds is 4. The molecule has 0 saturated heterocycles. The minimum atomic E-state index is -0.872. The van der Waals surface area contributed by atoms with Crippen molar-refractivity contribution in [1.82, 2.24) is 14.8 Å². The number of H-pyrrole nitrogens is 1. The first-order valence-corrected chi connectivity index (χ1v) is 11.4. The highest BCUT2D eigenvalue weighted by molar-refractivity contribution is 5.86. The van der Waals surface area contributed by atoms with E-state index in [0.29, 0.717) is 24.3 Å². The van der Waals surface area contributed by atoms with E-state index in [9.17, 15) is 9.59 Å². The molecule has 5 rings (SSSR count). The molecule has 0 bridgehead atoms. The van der Waals surface area contributed by atoms with E-state index in [2.05, 4.69) is 34.1 Å². The van der Waals surface area contributed by atoms with Crippen molar-refractivity contribution in [3.8, 4) is 0 Å². The Bertz CT molecular complexity index is 956. The summed E-state index contributed by atoms with van der Waals surface area (Å²) in [4.78, 5) is 31.9. The van der Waals surface area contributed by atoms with Crippen LogP contribution in [0, 0.1) is 17.8 Å². The van der Waals surface area contributed by atoms with Crippen molar-refractivity contribution < 1.29 is 14.7 Å². The lowest BCUT2D eigenvalue weighted by atomic mass is 9.80. The van der Waals surface area contributed by atoms with Crippen molar-refractivity contribution in [3.05, 3.63) is 35.5 Å². The van der Waals surface area contributed by atoms with E-state index in [1.54, 1.807) is 7.05 Å². The van der Waals surface area contributed by atoms with Gasteiger partial charge in [-0.1, -0.05) is 18.2 Å². The number of nitrogens with one attached hydrogen (secondary N) is 1. The number of hydrogen-bond acceptors (Lipinski definition) is 2. The second-order valence-electron chi connectivity index (χ2n) is 9.51. The van der Waals surface area contributed by atoms with Gasteiger partial charge in [-0.3, -0.25) is 4.79 Å². The van der Waals surface area contributed by atoms with Crippen LogP contribution >= 0.6 is 0 Å². The number of aromatic amines is 1. The van der Waals surface area contributed by atoms with Crippen LogP contribution < -0.4 is 0 Å². The number of amides is 2. The van der Waals surface area contributed by atoms with Gasteiger partial charge in [0.15, 0.2) is 0 Å². The summed E-state index contributed by atoms with van der Waals surface area (Å²) in [5.41, 5.74) is 3.87. The molecule has 0 radical (unpaired) electrons. The van der Waals surface area contributed by atoms with Gasteiger partial charge >= 0.3 is 6.09 Å². The molecule has 30 heavy (non-hydrogen) atoms. The molecule has 1 aliphatic heterocycles. The monoisotopic (exact) mass is 409 g/mol. The van der Waals surface area contributed by atoms with Gasteiger partial charge in [0.2, 0.25) is 5.91 Å². The molecule has 1 aromatic carbocycles. The molecule has 2 saturated carbocycles. The summed E-state index contributed by atoms with van der Waals surface area (Å²) in [6, 6.07) is 8.70. The van der Waals surface area contributed by atoms with Crippen molar-refractivity contribution >= 4 is 22.9 Å². The van der Waals surface area contributed by atoms with Crippen LogP contribution in [0.1, 0.15) is 55.8 Å². The van der Waals surface area contributed by atoms with E-state index >= 15 is 0 Å². The number of para-hydroxylation sites is 1. The van der Waals surface area contributed by atoms with Crippen LogP contribution in [0.3, 0.4) is 0 Å². The van der Waals surface area contributed by atoms with Crippen molar-refractivity contribution in [3.63, 3.8) is 0 Å². The molecule has 3 aliphatic rings. The van der Waals surface area contributed by atoms with Gasteiger partial charge in [0.05, 0.1) is 6.04 Å². The van der Waals surface area contributed by atoms with E-state index in [1.165, 1.54) is 39.9 Å². The van der Waals surface area contributed by atoms with E-state index < -0.39 is 6.09 Å². The Labute approximate surface area is 177 Å². The van der Waals surface area contributed by atoms with Crippen molar-refractivity contribution in [2.45, 2.75) is 51.0 Å². The SMILES string of the molecule is CN(CC1CCC(C(=O)N2CCc3c([nH]c4ccccc34)C2C2CC2)CC1)C(=O)O. The summed E-state index contributed by atoms with van der Waals surface area (Å²) in [6.07, 6.45) is 6.10. The van der Waals surface area contributed by atoms with Gasteiger partial charge in [0.1, 0.15) is 0 Å². The quantitative estimate of drug-likeness (QED) is 0.785. The summed E-state index contributed by atoms with van der Waals surface area (Å²) in [5, 5.41) is 10.4. The van der Waals surface area contributed by atoms with Crippen molar-refractivity contribution in [2.24, 2.45) is 17.8 Å². The fourth-order valence-corrected chi connectivity index (χ4v) is 5.71. The average molecular weight is 410 g/mol. The first-order chi connectivity index (χ1) is 14.5. The highest BCUT2D eigenvalue weighted by atomic mass is 16.4. The number of nitrogens with zero attached hydrogens (tertiary/aromatic N) is 2. The lowest BCUT2D eigenvalue weighted by Crippen LogP contribution is -2.45. The zero-order valence-corrected chi connectivity index (χ0v) is 17.6. The molecule has 2 fully saturated rings. The summed E-state index contributed by atoms with van der Waals surface area (Å²) in [7, 11) is 1.63. The third-order valence-electron chi connectivity index (χ3n) is 7.49. The largest absolute Gasteiger partial charge is 0.465 e. The molecule has 1 aromatic heterocycles. The van der Waals surface area contributed by atoms with E-state index in [0.717, 1.165) is 38.6 Å².